The van der Waals surface area contributed by atoms with E-state index in [1.807, 2.05) is 49.4 Å². The lowest BCUT2D eigenvalue weighted by Gasteiger charge is -2.43. The minimum absolute atomic E-state index is 0.0452. The van der Waals surface area contributed by atoms with Gasteiger partial charge >= 0.3 is 0 Å². The van der Waals surface area contributed by atoms with Crippen molar-refractivity contribution in [2.24, 2.45) is 16.3 Å². The molecule has 1 saturated carbocycles. The van der Waals surface area contributed by atoms with Gasteiger partial charge in [0.25, 0.3) is 0 Å². The average molecular weight is 399 g/mol. The Labute approximate surface area is 177 Å². The Balaban J connectivity index is 1.71. The summed E-state index contributed by atoms with van der Waals surface area (Å²) in [5, 5.41) is 13.9. The van der Waals surface area contributed by atoms with Crippen molar-refractivity contribution in [2.45, 2.75) is 39.7 Å². The number of carbonyl (C=O) groups is 1. The van der Waals surface area contributed by atoms with Crippen molar-refractivity contribution in [3.05, 3.63) is 70.8 Å². The number of hydrogen-bond acceptors (Lipinski definition) is 4. The number of rotatable bonds is 1. The van der Waals surface area contributed by atoms with E-state index in [0.717, 1.165) is 46.5 Å². The molecule has 2 aromatic rings. The van der Waals surface area contributed by atoms with Crippen molar-refractivity contribution in [2.75, 3.05) is 5.32 Å². The molecule has 5 rings (SSSR count). The molecule has 4 heteroatoms. The molecule has 2 aliphatic carbocycles. The number of benzene rings is 2. The average Bonchev–Trinajstić information content (AvgIpc) is 2.71. The van der Waals surface area contributed by atoms with Crippen LogP contribution in [-0.2, 0) is 4.79 Å². The van der Waals surface area contributed by atoms with E-state index in [0.29, 0.717) is 5.71 Å². The Kier molecular flexibility index (Phi) is 4.21. The fourth-order valence-electron chi connectivity index (χ4n) is 4.83. The summed E-state index contributed by atoms with van der Waals surface area (Å²) in [7, 11) is 0. The van der Waals surface area contributed by atoms with Gasteiger partial charge in [0.2, 0.25) is 0 Å². The highest BCUT2D eigenvalue weighted by Gasteiger charge is 2.45. The summed E-state index contributed by atoms with van der Waals surface area (Å²) in [4.78, 5) is 18.4. The second-order valence-electron chi connectivity index (χ2n) is 9.30. The van der Waals surface area contributed by atoms with Crippen LogP contribution in [0, 0.1) is 18.3 Å². The highest BCUT2D eigenvalue weighted by molar-refractivity contribution is 6.50. The van der Waals surface area contributed by atoms with Gasteiger partial charge in [0.1, 0.15) is 11.5 Å². The van der Waals surface area contributed by atoms with Crippen molar-refractivity contribution in [1.29, 1.82) is 0 Å². The van der Waals surface area contributed by atoms with Crippen LogP contribution in [0.25, 0.3) is 6.08 Å². The number of ketones is 1. The first-order chi connectivity index (χ1) is 14.3. The highest BCUT2D eigenvalue weighted by Crippen LogP contribution is 2.47. The van der Waals surface area contributed by atoms with E-state index in [-0.39, 0.29) is 28.9 Å². The molecule has 0 radical (unpaired) electrons. The van der Waals surface area contributed by atoms with Gasteiger partial charge < -0.3 is 10.4 Å². The van der Waals surface area contributed by atoms with Crippen molar-refractivity contribution in [3.63, 3.8) is 0 Å². The van der Waals surface area contributed by atoms with Crippen molar-refractivity contribution in [1.82, 2.24) is 0 Å². The Hall–Kier alpha value is -3.14. The summed E-state index contributed by atoms with van der Waals surface area (Å²) >= 11 is 0. The van der Waals surface area contributed by atoms with Gasteiger partial charge in [-0.1, -0.05) is 49.8 Å². The summed E-state index contributed by atoms with van der Waals surface area (Å²) in [6.07, 6.45) is 6.07. The topological polar surface area (TPSA) is 61.7 Å². The van der Waals surface area contributed by atoms with Crippen LogP contribution in [0.2, 0.25) is 0 Å². The normalized spacial score (nSPS) is 25.4. The smallest absolute Gasteiger partial charge is 0.188 e. The van der Waals surface area contributed by atoms with Crippen LogP contribution in [0.3, 0.4) is 0 Å². The number of para-hydroxylation sites is 1. The lowest BCUT2D eigenvalue weighted by Crippen LogP contribution is -2.47. The Bertz CT molecular complexity index is 1140. The lowest BCUT2D eigenvalue weighted by molar-refractivity contribution is -0.116. The van der Waals surface area contributed by atoms with Crippen LogP contribution in [0.15, 0.2) is 64.7 Å². The Morgan fingerprint density at radius 1 is 1.13 bits per heavy atom. The number of allylic oxidation sites excluding steroid dienone is 1. The Morgan fingerprint density at radius 3 is 2.67 bits per heavy atom. The molecule has 0 aromatic heterocycles. The fraction of sp³-hybridized carbons (Fsp3) is 0.308. The molecule has 4 nitrogen and oxygen atoms in total. The molecule has 0 spiro atoms. The molecule has 0 amide bonds. The molecular formula is C26H26N2O2. The number of nitrogens with one attached hydrogen (secondary N) is 1. The summed E-state index contributed by atoms with van der Waals surface area (Å²) < 4.78 is 0. The van der Waals surface area contributed by atoms with Gasteiger partial charge in [-0.3, -0.25) is 4.79 Å². The maximum atomic E-state index is 13.6. The molecule has 0 saturated heterocycles. The molecule has 1 heterocycles. The fourth-order valence-corrected chi connectivity index (χ4v) is 4.83. The predicted molar refractivity (Wildman–Crippen MR) is 121 cm³/mol. The quantitative estimate of drug-likeness (QED) is 0.486. The lowest BCUT2D eigenvalue weighted by atomic mass is 9.65. The van der Waals surface area contributed by atoms with Crippen LogP contribution in [0.1, 0.15) is 37.8 Å². The van der Waals surface area contributed by atoms with E-state index in [2.05, 4.69) is 25.2 Å². The highest BCUT2D eigenvalue weighted by atomic mass is 16.3. The first-order valence-electron chi connectivity index (χ1n) is 10.6. The van der Waals surface area contributed by atoms with Crippen LogP contribution in [0.5, 0.6) is 5.75 Å². The minimum Gasteiger partial charge on any atom is -0.506 e. The molecule has 152 valence electrons. The zero-order valence-electron chi connectivity index (χ0n) is 17.6. The maximum absolute atomic E-state index is 13.6. The van der Waals surface area contributed by atoms with E-state index >= 15 is 0 Å². The molecule has 30 heavy (non-hydrogen) atoms. The first-order valence-corrected chi connectivity index (χ1v) is 10.6. The minimum atomic E-state index is -0.163. The molecule has 2 N–H and O–H groups in total. The molecule has 2 unspecified atom stereocenters. The number of nitrogens with zero attached hydrogens (tertiary/aromatic N) is 1. The van der Waals surface area contributed by atoms with Crippen LogP contribution >= 0.6 is 0 Å². The number of Topliss-reactive ketones (excluding diaryl/α,β-unsaturated/α-hetero) is 1. The number of aryl methyl sites for hydroxylation is 1. The van der Waals surface area contributed by atoms with Gasteiger partial charge in [-0.2, -0.15) is 0 Å². The van der Waals surface area contributed by atoms with Gasteiger partial charge in [-0.05, 0) is 55.0 Å². The number of fused-ring (bicyclic) bond motifs is 4. The number of aliphatic imine (C=N–C) groups is 1. The number of hydrogen-bond donors (Lipinski definition) is 2. The largest absolute Gasteiger partial charge is 0.506 e. The molecule has 0 bridgehead atoms. The van der Waals surface area contributed by atoms with E-state index in [1.54, 1.807) is 6.07 Å². The van der Waals surface area contributed by atoms with Gasteiger partial charge in [0.05, 0.1) is 17.4 Å². The second kappa shape index (κ2) is 6.69. The van der Waals surface area contributed by atoms with Crippen LogP contribution < -0.4 is 5.32 Å². The van der Waals surface area contributed by atoms with Gasteiger partial charge in [0, 0.05) is 17.1 Å². The van der Waals surface area contributed by atoms with Gasteiger partial charge in [0.15, 0.2) is 5.78 Å². The van der Waals surface area contributed by atoms with Crippen molar-refractivity contribution < 1.29 is 9.90 Å². The summed E-state index contributed by atoms with van der Waals surface area (Å²) in [6, 6.07) is 13.2. The molecule has 2 atom stereocenters. The third kappa shape index (κ3) is 3.07. The number of aromatic hydroxyl groups is 1. The molecule has 3 aliphatic rings. The Morgan fingerprint density at radius 2 is 1.90 bits per heavy atom. The zero-order valence-corrected chi connectivity index (χ0v) is 17.6. The monoisotopic (exact) mass is 398 g/mol. The molecule has 2 aromatic carbocycles. The number of phenolic OH excluding ortho intramolecular Hbond substituents is 1. The van der Waals surface area contributed by atoms with Gasteiger partial charge in [-0.25, -0.2) is 4.99 Å². The van der Waals surface area contributed by atoms with Crippen molar-refractivity contribution >= 4 is 28.9 Å². The second-order valence-corrected chi connectivity index (χ2v) is 9.30. The summed E-state index contributed by atoms with van der Waals surface area (Å²) in [5.41, 5.74) is 6.12. The van der Waals surface area contributed by atoms with E-state index in [9.17, 15) is 9.90 Å². The van der Waals surface area contributed by atoms with E-state index < -0.39 is 0 Å². The molecule has 1 fully saturated rings. The number of carbonyl (C=O) groups excluding carboxylic acids is 1. The molecule has 1 aliphatic heterocycles. The zero-order chi connectivity index (χ0) is 21.0. The maximum Gasteiger partial charge on any atom is 0.188 e. The standard InChI is InChI=1S/C26H26N2O2/c1-15-7-9-17(10-8-15)27-24-19-13-16-5-4-6-21(29)22(16)28-23(19)20-14-26(2,3)12-11-18(20)25(24)30/h4-10,13-14,18,23,28-29H,11-12H2,1-3H3/b27-24-. The number of anilines is 1. The predicted octanol–water partition coefficient (Wildman–Crippen LogP) is 5.60. The number of phenols is 1. The molecular weight excluding hydrogens is 372 g/mol. The van der Waals surface area contributed by atoms with E-state index in [4.69, 9.17) is 4.99 Å². The third-order valence-corrected chi connectivity index (χ3v) is 6.45. The first kappa shape index (κ1) is 18.9. The SMILES string of the molecule is Cc1ccc(/N=C2\C(=O)C3CCC(C)(C)C=C3C3Nc4c(O)cccc4C=C23)cc1. The van der Waals surface area contributed by atoms with E-state index in [1.165, 1.54) is 0 Å². The van der Waals surface area contributed by atoms with Gasteiger partial charge in [-0.15, -0.1) is 0 Å². The summed E-state index contributed by atoms with van der Waals surface area (Å²) in [5.74, 6) is 0.165. The van der Waals surface area contributed by atoms with Crippen LogP contribution in [-0.4, -0.2) is 22.6 Å². The third-order valence-electron chi connectivity index (χ3n) is 6.45. The van der Waals surface area contributed by atoms with Crippen molar-refractivity contribution in [3.8, 4) is 5.75 Å². The summed E-state index contributed by atoms with van der Waals surface area (Å²) in [6.45, 7) is 6.47. The van der Waals surface area contributed by atoms with Crippen LogP contribution in [0.4, 0.5) is 11.4 Å².